The van der Waals surface area contributed by atoms with E-state index in [9.17, 15) is 0 Å². The lowest BCUT2D eigenvalue weighted by atomic mass is 9.80. The van der Waals surface area contributed by atoms with Gasteiger partial charge in [-0.3, -0.25) is 0 Å². The van der Waals surface area contributed by atoms with E-state index in [4.69, 9.17) is 4.42 Å². The van der Waals surface area contributed by atoms with Crippen molar-refractivity contribution < 1.29 is 4.42 Å². The number of aromatic nitrogens is 1. The lowest BCUT2D eigenvalue weighted by Gasteiger charge is -2.23. The standard InChI is InChI=1S/C47H31NO/c1-47(2)40-27-32(19-21-35(40)37-22-24-44-45(46(37)47)38-12-6-8-14-43(38)49-44)48-41-13-7-5-11-36(41)39-26-30(18-23-42(39)48)29-17-20-34-31(25-29)16-15-28-9-3-4-10-33(28)34/h3-27H,1-2H3. The molecule has 0 atom stereocenters. The Hall–Kier alpha value is -6.12. The number of furan rings is 1. The smallest absolute Gasteiger partial charge is 0.135 e. The van der Waals surface area contributed by atoms with Gasteiger partial charge in [0.25, 0.3) is 0 Å². The van der Waals surface area contributed by atoms with Crippen LogP contribution in [0.3, 0.4) is 0 Å². The SMILES string of the molecule is CC1(C)c2cc(-n3c4ccccc4c4cc(-c5ccc6c(ccc7ccccc76)c5)ccc43)ccc2-c2ccc3oc4ccccc4c3c21. The third kappa shape index (κ3) is 3.61. The summed E-state index contributed by atoms with van der Waals surface area (Å²) in [5.41, 5.74) is 13.1. The highest BCUT2D eigenvalue weighted by atomic mass is 16.3. The first-order valence-electron chi connectivity index (χ1n) is 17.1. The predicted molar refractivity (Wildman–Crippen MR) is 206 cm³/mol. The zero-order valence-corrected chi connectivity index (χ0v) is 27.3. The van der Waals surface area contributed by atoms with Gasteiger partial charge in [-0.25, -0.2) is 0 Å². The second kappa shape index (κ2) is 9.49. The van der Waals surface area contributed by atoms with Gasteiger partial charge in [0.15, 0.2) is 0 Å². The molecule has 49 heavy (non-hydrogen) atoms. The lowest BCUT2D eigenvalue weighted by Crippen LogP contribution is -2.15. The molecule has 0 unspecified atom stereocenters. The lowest BCUT2D eigenvalue weighted by molar-refractivity contribution is 0.656. The summed E-state index contributed by atoms with van der Waals surface area (Å²) in [5.74, 6) is 0. The fourth-order valence-corrected chi connectivity index (χ4v) is 8.87. The summed E-state index contributed by atoms with van der Waals surface area (Å²) in [6, 6.07) is 55.7. The summed E-state index contributed by atoms with van der Waals surface area (Å²) in [6.07, 6.45) is 0. The molecule has 0 saturated carbocycles. The number of nitrogens with zero attached hydrogens (tertiary/aromatic N) is 1. The Morgan fingerprint density at radius 2 is 1.16 bits per heavy atom. The zero-order chi connectivity index (χ0) is 32.4. The molecule has 0 N–H and O–H groups in total. The van der Waals surface area contributed by atoms with Crippen LogP contribution in [-0.2, 0) is 5.41 Å². The second-order valence-electron chi connectivity index (χ2n) is 14.1. The van der Waals surface area contributed by atoms with E-state index in [0.29, 0.717) is 0 Å². The number of rotatable bonds is 2. The van der Waals surface area contributed by atoms with Crippen LogP contribution in [0.5, 0.6) is 0 Å². The molecule has 1 aliphatic carbocycles. The number of hydrogen-bond donors (Lipinski definition) is 0. The van der Waals surface area contributed by atoms with Gasteiger partial charge in [-0.15, -0.1) is 0 Å². The molecular formula is C47H31NO. The maximum atomic E-state index is 6.32. The Morgan fingerprint density at radius 3 is 2.08 bits per heavy atom. The van der Waals surface area contributed by atoms with Crippen LogP contribution in [0.15, 0.2) is 156 Å². The van der Waals surface area contributed by atoms with Crippen LogP contribution in [-0.4, -0.2) is 4.57 Å². The van der Waals surface area contributed by atoms with Crippen LogP contribution < -0.4 is 0 Å². The molecule has 0 saturated heterocycles. The van der Waals surface area contributed by atoms with Gasteiger partial charge in [0.2, 0.25) is 0 Å². The van der Waals surface area contributed by atoms with Gasteiger partial charge in [-0.2, -0.15) is 0 Å². The van der Waals surface area contributed by atoms with E-state index < -0.39 is 0 Å². The second-order valence-corrected chi connectivity index (χ2v) is 14.1. The molecule has 0 bridgehead atoms. The molecule has 0 radical (unpaired) electrons. The molecule has 2 heteroatoms. The average molecular weight is 626 g/mol. The van der Waals surface area contributed by atoms with Gasteiger partial charge in [0.1, 0.15) is 11.2 Å². The summed E-state index contributed by atoms with van der Waals surface area (Å²) >= 11 is 0. The molecule has 1 aliphatic rings. The van der Waals surface area contributed by atoms with Crippen molar-refractivity contribution in [3.63, 3.8) is 0 Å². The number of benzene rings is 8. The Kier molecular flexibility index (Phi) is 5.21. The van der Waals surface area contributed by atoms with Crippen LogP contribution >= 0.6 is 0 Å². The highest BCUT2D eigenvalue weighted by molar-refractivity contribution is 6.13. The highest BCUT2D eigenvalue weighted by Crippen LogP contribution is 2.53. The maximum Gasteiger partial charge on any atom is 0.135 e. The van der Waals surface area contributed by atoms with E-state index in [1.54, 1.807) is 0 Å². The zero-order valence-electron chi connectivity index (χ0n) is 27.3. The van der Waals surface area contributed by atoms with E-state index in [0.717, 1.165) is 11.2 Å². The van der Waals surface area contributed by atoms with Crippen molar-refractivity contribution in [3.8, 4) is 27.9 Å². The minimum Gasteiger partial charge on any atom is -0.456 e. The van der Waals surface area contributed by atoms with Gasteiger partial charge in [-0.1, -0.05) is 117 Å². The molecule has 0 aliphatic heterocycles. The van der Waals surface area contributed by atoms with E-state index in [1.807, 2.05) is 0 Å². The Labute approximate surface area is 283 Å². The molecule has 11 rings (SSSR count). The van der Waals surface area contributed by atoms with Crippen molar-refractivity contribution in [2.45, 2.75) is 19.3 Å². The Bertz CT molecular complexity index is 3020. The summed E-state index contributed by atoms with van der Waals surface area (Å²) in [6.45, 7) is 4.74. The van der Waals surface area contributed by atoms with Crippen LogP contribution in [0.4, 0.5) is 0 Å². The Balaban J connectivity index is 1.08. The number of fused-ring (bicyclic) bond motifs is 13. The average Bonchev–Trinajstić information content (AvgIpc) is 3.76. The maximum absolute atomic E-state index is 6.32. The fourth-order valence-electron chi connectivity index (χ4n) is 8.87. The van der Waals surface area contributed by atoms with E-state index in [-0.39, 0.29) is 5.41 Å². The molecule has 10 aromatic rings. The quantitative estimate of drug-likeness (QED) is 0.175. The van der Waals surface area contributed by atoms with E-state index >= 15 is 0 Å². The van der Waals surface area contributed by atoms with Crippen molar-refractivity contribution in [1.29, 1.82) is 0 Å². The minimum atomic E-state index is -0.194. The largest absolute Gasteiger partial charge is 0.456 e. The molecule has 8 aromatic carbocycles. The fraction of sp³-hybridized carbons (Fsp3) is 0.0638. The number of hydrogen-bond acceptors (Lipinski definition) is 1. The third-order valence-electron chi connectivity index (χ3n) is 11.1. The van der Waals surface area contributed by atoms with Gasteiger partial charge in [0.05, 0.1) is 11.0 Å². The summed E-state index contributed by atoms with van der Waals surface area (Å²) in [5, 5.41) is 10.1. The van der Waals surface area contributed by atoms with Gasteiger partial charge in [0, 0.05) is 32.6 Å². The van der Waals surface area contributed by atoms with Crippen LogP contribution in [0.2, 0.25) is 0 Å². The highest BCUT2D eigenvalue weighted by Gasteiger charge is 2.38. The van der Waals surface area contributed by atoms with Crippen molar-refractivity contribution in [2.24, 2.45) is 0 Å². The Morgan fingerprint density at radius 1 is 0.469 bits per heavy atom. The van der Waals surface area contributed by atoms with E-state index in [2.05, 4.69) is 170 Å². The molecule has 0 spiro atoms. The van der Waals surface area contributed by atoms with Crippen molar-refractivity contribution in [3.05, 3.63) is 163 Å². The molecule has 2 aromatic heterocycles. The van der Waals surface area contributed by atoms with Crippen molar-refractivity contribution in [2.75, 3.05) is 0 Å². The van der Waals surface area contributed by atoms with Crippen molar-refractivity contribution >= 4 is 65.3 Å². The van der Waals surface area contributed by atoms with Gasteiger partial charge >= 0.3 is 0 Å². The molecular weight excluding hydrogens is 595 g/mol. The summed E-state index contributed by atoms with van der Waals surface area (Å²) in [7, 11) is 0. The molecule has 230 valence electrons. The molecule has 2 nitrogen and oxygen atoms in total. The minimum absolute atomic E-state index is 0.194. The topological polar surface area (TPSA) is 18.1 Å². The van der Waals surface area contributed by atoms with Crippen molar-refractivity contribution in [1.82, 2.24) is 4.57 Å². The molecule has 0 fully saturated rings. The predicted octanol–water partition coefficient (Wildman–Crippen LogP) is 13.0. The van der Waals surface area contributed by atoms with Crippen LogP contribution in [0, 0.1) is 0 Å². The first-order valence-corrected chi connectivity index (χ1v) is 17.1. The first kappa shape index (κ1) is 26.9. The van der Waals surface area contributed by atoms with Gasteiger partial charge in [-0.05, 0) is 103 Å². The van der Waals surface area contributed by atoms with E-state index in [1.165, 1.54) is 93.2 Å². The number of para-hydroxylation sites is 2. The van der Waals surface area contributed by atoms with Gasteiger partial charge < -0.3 is 8.98 Å². The molecule has 2 heterocycles. The normalized spacial score (nSPS) is 13.7. The third-order valence-corrected chi connectivity index (χ3v) is 11.1. The molecule has 0 amide bonds. The van der Waals surface area contributed by atoms with Crippen LogP contribution in [0.1, 0.15) is 25.0 Å². The summed E-state index contributed by atoms with van der Waals surface area (Å²) < 4.78 is 8.77. The van der Waals surface area contributed by atoms with Crippen LogP contribution in [0.25, 0.3) is 93.2 Å². The summed E-state index contributed by atoms with van der Waals surface area (Å²) in [4.78, 5) is 0. The monoisotopic (exact) mass is 625 g/mol. The first-order chi connectivity index (χ1) is 24.0.